The first-order valence-corrected chi connectivity index (χ1v) is 6.44. The number of nitrogens with zero attached hydrogens (tertiary/aromatic N) is 1. The lowest BCUT2D eigenvalue weighted by atomic mass is 10.2. The van der Waals surface area contributed by atoms with E-state index in [0.717, 1.165) is 23.5 Å². The Morgan fingerprint density at radius 2 is 1.80 bits per heavy atom. The van der Waals surface area contributed by atoms with Crippen LogP contribution in [0.4, 0.5) is 13.9 Å². The second kappa shape index (κ2) is 5.46. The summed E-state index contributed by atoms with van der Waals surface area (Å²) >= 11 is 1.12. The van der Waals surface area contributed by atoms with Crippen molar-refractivity contribution >= 4 is 28.2 Å². The van der Waals surface area contributed by atoms with Crippen LogP contribution in [0.1, 0.15) is 32.6 Å². The number of aryl methyl sites for hydroxylation is 1. The van der Waals surface area contributed by atoms with Gasteiger partial charge in [0.25, 0.3) is 5.91 Å². The van der Waals surface area contributed by atoms with E-state index in [0.29, 0.717) is 10.9 Å². The van der Waals surface area contributed by atoms with E-state index in [1.165, 1.54) is 6.92 Å². The summed E-state index contributed by atoms with van der Waals surface area (Å²) in [6.07, 6.45) is 0. The topological polar surface area (TPSA) is 59.1 Å². The maximum absolute atomic E-state index is 13.0. The summed E-state index contributed by atoms with van der Waals surface area (Å²) in [5.41, 5.74) is 0.121. The second-order valence-corrected chi connectivity index (χ2v) is 5.30. The highest BCUT2D eigenvalue weighted by Gasteiger charge is 2.15. The van der Waals surface area contributed by atoms with Crippen LogP contribution in [0.15, 0.2) is 18.2 Å². The van der Waals surface area contributed by atoms with Crippen molar-refractivity contribution in [2.45, 2.75) is 13.8 Å². The first-order chi connectivity index (χ1) is 9.36. The van der Waals surface area contributed by atoms with Crippen molar-refractivity contribution in [1.82, 2.24) is 4.98 Å². The van der Waals surface area contributed by atoms with E-state index in [-0.39, 0.29) is 22.2 Å². The molecule has 1 aromatic heterocycles. The molecule has 20 heavy (non-hydrogen) atoms. The van der Waals surface area contributed by atoms with Gasteiger partial charge in [-0.1, -0.05) is 0 Å². The van der Waals surface area contributed by atoms with E-state index in [1.807, 2.05) is 0 Å². The number of rotatable bonds is 3. The average Bonchev–Trinajstić information content (AvgIpc) is 2.69. The molecule has 2 aromatic rings. The highest BCUT2D eigenvalue weighted by atomic mass is 32.1. The first kappa shape index (κ1) is 14.3. The molecule has 1 heterocycles. The zero-order valence-corrected chi connectivity index (χ0v) is 11.5. The van der Waals surface area contributed by atoms with Gasteiger partial charge in [-0.2, -0.15) is 0 Å². The molecule has 1 aromatic carbocycles. The number of hydrogen-bond donors (Lipinski definition) is 1. The van der Waals surface area contributed by atoms with Crippen molar-refractivity contribution in [2.24, 2.45) is 0 Å². The van der Waals surface area contributed by atoms with E-state index >= 15 is 0 Å². The molecule has 0 saturated carbocycles. The minimum atomic E-state index is -0.838. The monoisotopic (exact) mass is 296 g/mol. The SMILES string of the molecule is CC(=O)c1nc(NC(=O)c2cc(F)cc(F)c2)sc1C. The fraction of sp³-hybridized carbons (Fsp3) is 0.154. The molecule has 104 valence electrons. The number of amides is 1. The van der Waals surface area contributed by atoms with Gasteiger partial charge in [0.2, 0.25) is 0 Å². The maximum atomic E-state index is 13.0. The van der Waals surface area contributed by atoms with Crippen LogP contribution in [0, 0.1) is 18.6 Å². The Hall–Kier alpha value is -2.15. The molecule has 0 aliphatic rings. The molecule has 1 amide bonds. The van der Waals surface area contributed by atoms with Gasteiger partial charge in [-0.05, 0) is 19.1 Å². The van der Waals surface area contributed by atoms with Crippen LogP contribution in [-0.2, 0) is 0 Å². The van der Waals surface area contributed by atoms with E-state index in [1.54, 1.807) is 6.92 Å². The number of ketones is 1. The molecule has 0 aliphatic carbocycles. The minimum Gasteiger partial charge on any atom is -0.298 e. The van der Waals surface area contributed by atoms with E-state index < -0.39 is 17.5 Å². The van der Waals surface area contributed by atoms with Crippen LogP contribution in [0.3, 0.4) is 0 Å². The molecule has 4 nitrogen and oxygen atoms in total. The minimum absolute atomic E-state index is 0.153. The van der Waals surface area contributed by atoms with Crippen molar-refractivity contribution in [3.63, 3.8) is 0 Å². The highest BCUT2D eigenvalue weighted by Crippen LogP contribution is 2.23. The van der Waals surface area contributed by atoms with Gasteiger partial charge in [0.1, 0.15) is 17.3 Å². The van der Waals surface area contributed by atoms with E-state index in [2.05, 4.69) is 10.3 Å². The molecule has 0 aliphatic heterocycles. The Morgan fingerprint density at radius 3 is 2.30 bits per heavy atom. The molecule has 2 rings (SSSR count). The zero-order valence-electron chi connectivity index (χ0n) is 10.7. The summed E-state index contributed by atoms with van der Waals surface area (Å²) in [7, 11) is 0. The molecular formula is C13H10F2N2O2S. The lowest BCUT2D eigenvalue weighted by molar-refractivity contribution is 0.100. The number of halogens is 2. The maximum Gasteiger partial charge on any atom is 0.257 e. The molecule has 0 spiro atoms. The predicted molar refractivity (Wildman–Crippen MR) is 71.2 cm³/mol. The van der Waals surface area contributed by atoms with Gasteiger partial charge in [-0.25, -0.2) is 13.8 Å². The fourth-order valence-corrected chi connectivity index (χ4v) is 2.49. The lowest BCUT2D eigenvalue weighted by Crippen LogP contribution is -2.12. The molecule has 0 saturated heterocycles. The van der Waals surface area contributed by atoms with Gasteiger partial charge >= 0.3 is 0 Å². The van der Waals surface area contributed by atoms with Crippen LogP contribution >= 0.6 is 11.3 Å². The van der Waals surface area contributed by atoms with E-state index in [9.17, 15) is 18.4 Å². The summed E-state index contributed by atoms with van der Waals surface area (Å²) in [5, 5.41) is 2.62. The van der Waals surface area contributed by atoms with Crippen LogP contribution < -0.4 is 5.32 Å². The molecule has 7 heteroatoms. The normalized spacial score (nSPS) is 10.4. The molecule has 1 N–H and O–H groups in total. The Morgan fingerprint density at radius 1 is 1.20 bits per heavy atom. The number of thiazole rings is 1. The Kier molecular flexibility index (Phi) is 3.89. The van der Waals surface area contributed by atoms with Crippen LogP contribution in [0.2, 0.25) is 0 Å². The number of carbonyl (C=O) groups excluding carboxylic acids is 2. The third-order valence-electron chi connectivity index (χ3n) is 2.48. The third kappa shape index (κ3) is 3.05. The molecule has 0 bridgehead atoms. The van der Waals surface area contributed by atoms with E-state index in [4.69, 9.17) is 0 Å². The number of anilines is 1. The molecule has 0 atom stereocenters. The van der Waals surface area contributed by atoms with Crippen molar-refractivity contribution in [1.29, 1.82) is 0 Å². The summed E-state index contributed by atoms with van der Waals surface area (Å²) in [6.45, 7) is 3.07. The van der Waals surface area contributed by atoms with Gasteiger partial charge in [0.15, 0.2) is 10.9 Å². The van der Waals surface area contributed by atoms with Gasteiger partial charge in [0, 0.05) is 23.4 Å². The molecule has 0 fully saturated rings. The standard InChI is InChI=1S/C13H10F2N2O2S/c1-6(18)11-7(2)20-13(16-11)17-12(19)8-3-9(14)5-10(15)4-8/h3-5H,1-2H3,(H,16,17,19). The highest BCUT2D eigenvalue weighted by molar-refractivity contribution is 7.16. The molecular weight excluding hydrogens is 286 g/mol. The number of nitrogens with one attached hydrogen (secondary N) is 1. The summed E-state index contributed by atoms with van der Waals surface area (Å²) in [4.78, 5) is 27.7. The van der Waals surface area contributed by atoms with Crippen LogP contribution in [-0.4, -0.2) is 16.7 Å². The van der Waals surface area contributed by atoms with Gasteiger partial charge in [-0.15, -0.1) is 11.3 Å². The van der Waals surface area contributed by atoms with Gasteiger partial charge in [-0.3, -0.25) is 14.9 Å². The van der Waals surface area contributed by atoms with Crippen molar-refractivity contribution in [3.8, 4) is 0 Å². The quantitative estimate of drug-likeness (QED) is 0.885. The predicted octanol–water partition coefficient (Wildman–Crippen LogP) is 3.18. The number of hydrogen-bond acceptors (Lipinski definition) is 4. The zero-order chi connectivity index (χ0) is 14.9. The number of aromatic nitrogens is 1. The smallest absolute Gasteiger partial charge is 0.257 e. The van der Waals surface area contributed by atoms with Crippen molar-refractivity contribution < 1.29 is 18.4 Å². The van der Waals surface area contributed by atoms with Crippen LogP contribution in [0.25, 0.3) is 0 Å². The first-order valence-electron chi connectivity index (χ1n) is 5.62. The second-order valence-electron chi connectivity index (χ2n) is 4.09. The average molecular weight is 296 g/mol. The van der Waals surface area contributed by atoms with Gasteiger partial charge < -0.3 is 0 Å². The number of carbonyl (C=O) groups is 2. The Bertz CT molecular complexity index is 677. The fourth-order valence-electron chi connectivity index (χ4n) is 1.63. The van der Waals surface area contributed by atoms with Crippen LogP contribution in [0.5, 0.6) is 0 Å². The van der Waals surface area contributed by atoms with Crippen molar-refractivity contribution in [3.05, 3.63) is 46.0 Å². The largest absolute Gasteiger partial charge is 0.298 e. The number of benzene rings is 1. The third-order valence-corrected chi connectivity index (χ3v) is 3.36. The molecule has 0 unspecified atom stereocenters. The summed E-state index contributed by atoms with van der Waals surface area (Å²) in [5.74, 6) is -2.58. The Labute approximate surface area is 117 Å². The lowest BCUT2D eigenvalue weighted by Gasteiger charge is -2.02. The summed E-state index contributed by atoms with van der Waals surface area (Å²) < 4.78 is 26.0. The van der Waals surface area contributed by atoms with Gasteiger partial charge in [0.05, 0.1) is 0 Å². The summed E-state index contributed by atoms with van der Waals surface area (Å²) in [6, 6.07) is 2.52. The number of Topliss-reactive ketones (excluding diaryl/α,β-unsaturated/α-hetero) is 1. The van der Waals surface area contributed by atoms with Crippen molar-refractivity contribution in [2.75, 3.05) is 5.32 Å². The Balaban J connectivity index is 2.23. The molecule has 0 radical (unpaired) electrons.